The minimum atomic E-state index is -4.70. The molecule has 0 aliphatic rings. The van der Waals surface area contributed by atoms with Crippen LogP contribution in [-0.2, 0) is 36.5 Å². The number of hydrogen-bond donors (Lipinski definition) is 1. The van der Waals surface area contributed by atoms with E-state index in [1.165, 1.54) is 9.36 Å². The Morgan fingerprint density at radius 2 is 1.62 bits per heavy atom. The molecule has 0 spiro atoms. The van der Waals surface area contributed by atoms with Crippen LogP contribution in [0.1, 0.15) is 38.4 Å². The SMILES string of the molecule is Cc1nn(C)c(-c2c(C(=O)O)c(C)nn2C)c1Cc1ccc(C(F)(F)F)cc1S(C)(=O)=O. The molecule has 0 saturated carbocycles. The van der Waals surface area contributed by atoms with Gasteiger partial charge in [0.25, 0.3) is 0 Å². The first-order valence-corrected chi connectivity index (χ1v) is 11.2. The topological polar surface area (TPSA) is 107 Å². The third-order valence-electron chi connectivity index (χ3n) is 5.17. The van der Waals surface area contributed by atoms with E-state index in [0.29, 0.717) is 23.0 Å². The Morgan fingerprint density at radius 1 is 1.06 bits per heavy atom. The number of benzene rings is 1. The van der Waals surface area contributed by atoms with Crippen molar-refractivity contribution < 1.29 is 31.5 Å². The summed E-state index contributed by atoms with van der Waals surface area (Å²) in [4.78, 5) is 11.4. The van der Waals surface area contributed by atoms with Crippen LogP contribution in [0.5, 0.6) is 0 Å². The second-order valence-corrected chi connectivity index (χ2v) is 9.53. The highest BCUT2D eigenvalue weighted by atomic mass is 32.2. The van der Waals surface area contributed by atoms with Crippen molar-refractivity contribution in [1.29, 1.82) is 0 Å². The molecule has 0 aliphatic carbocycles. The number of hydrogen-bond acceptors (Lipinski definition) is 5. The fourth-order valence-electron chi connectivity index (χ4n) is 3.81. The van der Waals surface area contributed by atoms with Crippen molar-refractivity contribution in [1.82, 2.24) is 19.6 Å². The zero-order valence-corrected chi connectivity index (χ0v) is 18.8. The third kappa shape index (κ3) is 4.14. The van der Waals surface area contributed by atoms with Gasteiger partial charge in [-0.2, -0.15) is 23.4 Å². The van der Waals surface area contributed by atoms with Gasteiger partial charge in [-0.15, -0.1) is 0 Å². The minimum Gasteiger partial charge on any atom is -0.478 e. The smallest absolute Gasteiger partial charge is 0.416 e. The van der Waals surface area contributed by atoms with Crippen molar-refractivity contribution in [3.05, 3.63) is 51.8 Å². The zero-order chi connectivity index (χ0) is 24.2. The van der Waals surface area contributed by atoms with Gasteiger partial charge in [-0.1, -0.05) is 6.07 Å². The molecule has 3 aromatic rings. The number of aromatic carboxylic acids is 1. The highest BCUT2D eigenvalue weighted by Gasteiger charge is 2.33. The van der Waals surface area contributed by atoms with E-state index >= 15 is 0 Å². The summed E-state index contributed by atoms with van der Waals surface area (Å²) in [5, 5.41) is 18.2. The molecule has 1 aromatic carbocycles. The van der Waals surface area contributed by atoms with Crippen molar-refractivity contribution in [3.8, 4) is 11.4 Å². The molecular weight excluding hydrogens is 449 g/mol. The van der Waals surface area contributed by atoms with E-state index in [2.05, 4.69) is 10.2 Å². The van der Waals surface area contributed by atoms with Crippen molar-refractivity contribution in [3.63, 3.8) is 0 Å². The number of aryl methyl sites for hydroxylation is 4. The molecule has 2 heterocycles. The van der Waals surface area contributed by atoms with Crippen molar-refractivity contribution >= 4 is 15.8 Å². The minimum absolute atomic E-state index is 0.0347. The first-order chi connectivity index (χ1) is 14.6. The van der Waals surface area contributed by atoms with Crippen LogP contribution in [0.25, 0.3) is 11.4 Å². The van der Waals surface area contributed by atoms with Gasteiger partial charge < -0.3 is 5.11 Å². The molecule has 3 rings (SSSR count). The van der Waals surface area contributed by atoms with Gasteiger partial charge in [-0.25, -0.2) is 13.2 Å². The Morgan fingerprint density at radius 3 is 2.16 bits per heavy atom. The number of carbonyl (C=O) groups is 1. The van der Waals surface area contributed by atoms with E-state index in [-0.39, 0.29) is 28.9 Å². The lowest BCUT2D eigenvalue weighted by Gasteiger charge is -2.14. The van der Waals surface area contributed by atoms with Crippen LogP contribution in [0.2, 0.25) is 0 Å². The molecule has 0 radical (unpaired) electrons. The molecule has 8 nitrogen and oxygen atoms in total. The van der Waals surface area contributed by atoms with Crippen molar-refractivity contribution in [2.24, 2.45) is 14.1 Å². The van der Waals surface area contributed by atoms with E-state index in [1.54, 1.807) is 27.9 Å². The fourth-order valence-corrected chi connectivity index (χ4v) is 4.77. The van der Waals surface area contributed by atoms with Crippen LogP contribution < -0.4 is 0 Å². The molecule has 0 fully saturated rings. The number of aromatic nitrogens is 4. The van der Waals surface area contributed by atoms with Gasteiger partial charge in [0.2, 0.25) is 0 Å². The maximum atomic E-state index is 13.2. The summed E-state index contributed by atoms with van der Waals surface area (Å²) < 4.78 is 66.9. The average Bonchev–Trinajstić information content (AvgIpc) is 3.07. The van der Waals surface area contributed by atoms with Gasteiger partial charge in [-0.05, 0) is 31.5 Å². The standard InChI is InChI=1S/C20H21F3N4O4S/c1-10-14(8-12-6-7-13(20(21,22)23)9-15(12)32(5,30)31)17(26(3)24-10)18-16(19(28)29)11(2)25-27(18)4/h6-7,9H,8H2,1-5H3,(H,28,29). The van der Waals surface area contributed by atoms with Crippen LogP contribution in [0, 0.1) is 13.8 Å². The molecule has 0 amide bonds. The van der Waals surface area contributed by atoms with Crippen LogP contribution >= 0.6 is 0 Å². The molecule has 0 saturated heterocycles. The van der Waals surface area contributed by atoms with Crippen LogP contribution in [0.3, 0.4) is 0 Å². The Kier molecular flexibility index (Phi) is 5.71. The van der Waals surface area contributed by atoms with Gasteiger partial charge in [0.05, 0.1) is 27.5 Å². The van der Waals surface area contributed by atoms with Gasteiger partial charge in [0, 0.05) is 32.3 Å². The Hall–Kier alpha value is -3.15. The summed E-state index contributed by atoms with van der Waals surface area (Å²) in [6.07, 6.45) is -3.93. The summed E-state index contributed by atoms with van der Waals surface area (Å²) in [7, 11) is -0.813. The second kappa shape index (κ2) is 7.76. The van der Waals surface area contributed by atoms with Crippen molar-refractivity contribution in [2.45, 2.75) is 31.3 Å². The molecule has 32 heavy (non-hydrogen) atoms. The number of halogens is 3. The number of carboxylic acid groups (broad SMARTS) is 1. The third-order valence-corrected chi connectivity index (χ3v) is 6.35. The normalized spacial score (nSPS) is 12.4. The quantitative estimate of drug-likeness (QED) is 0.614. The summed E-state index contributed by atoms with van der Waals surface area (Å²) in [6, 6.07) is 2.57. The van der Waals surface area contributed by atoms with E-state index in [0.717, 1.165) is 18.4 Å². The number of alkyl halides is 3. The monoisotopic (exact) mass is 470 g/mol. The van der Waals surface area contributed by atoms with Crippen molar-refractivity contribution in [2.75, 3.05) is 6.26 Å². The molecule has 0 bridgehead atoms. The summed E-state index contributed by atoms with van der Waals surface area (Å²) in [6.45, 7) is 3.21. The number of rotatable bonds is 5. The molecule has 0 atom stereocenters. The Labute approximate surface area is 182 Å². The van der Waals surface area contributed by atoms with Gasteiger partial charge in [0.1, 0.15) is 11.3 Å². The molecule has 0 unspecified atom stereocenters. The zero-order valence-electron chi connectivity index (χ0n) is 17.9. The largest absolute Gasteiger partial charge is 0.478 e. The van der Waals surface area contributed by atoms with E-state index in [9.17, 15) is 31.5 Å². The fraction of sp³-hybridized carbons (Fsp3) is 0.350. The molecule has 1 N–H and O–H groups in total. The van der Waals surface area contributed by atoms with Crippen LogP contribution in [-0.4, -0.2) is 45.3 Å². The van der Waals surface area contributed by atoms with Gasteiger partial charge >= 0.3 is 12.1 Å². The molecule has 12 heteroatoms. The Balaban J connectivity index is 2.26. The van der Waals surface area contributed by atoms with E-state index in [4.69, 9.17) is 0 Å². The lowest BCUT2D eigenvalue weighted by Crippen LogP contribution is -2.11. The summed E-state index contributed by atoms with van der Waals surface area (Å²) >= 11 is 0. The van der Waals surface area contributed by atoms with E-state index in [1.807, 2.05) is 0 Å². The Bertz CT molecular complexity index is 1340. The molecule has 2 aromatic heterocycles. The molecule has 172 valence electrons. The van der Waals surface area contributed by atoms with Gasteiger partial charge in [-0.3, -0.25) is 9.36 Å². The highest BCUT2D eigenvalue weighted by molar-refractivity contribution is 7.90. The van der Waals surface area contributed by atoms with Crippen LogP contribution in [0.4, 0.5) is 13.2 Å². The summed E-state index contributed by atoms with van der Waals surface area (Å²) in [5.41, 5.74) is 0.954. The number of sulfone groups is 1. The lowest BCUT2D eigenvalue weighted by molar-refractivity contribution is -0.137. The lowest BCUT2D eigenvalue weighted by atomic mass is 9.98. The molecule has 0 aliphatic heterocycles. The van der Waals surface area contributed by atoms with Crippen LogP contribution in [0.15, 0.2) is 23.1 Å². The highest BCUT2D eigenvalue weighted by Crippen LogP contribution is 2.35. The second-order valence-electron chi connectivity index (χ2n) is 7.54. The first-order valence-electron chi connectivity index (χ1n) is 9.32. The van der Waals surface area contributed by atoms with E-state index < -0.39 is 32.4 Å². The maximum Gasteiger partial charge on any atom is 0.416 e. The average molecular weight is 470 g/mol. The number of nitrogens with zero attached hydrogens (tertiary/aromatic N) is 4. The predicted octanol–water partition coefficient (Wildman–Crippen LogP) is 3.15. The van der Waals surface area contributed by atoms with Gasteiger partial charge in [0.15, 0.2) is 9.84 Å². The first kappa shape index (κ1) is 23.5. The molecular formula is C20H21F3N4O4S. The maximum absolute atomic E-state index is 13.2. The predicted molar refractivity (Wildman–Crippen MR) is 109 cm³/mol. The number of carboxylic acids is 1. The summed E-state index contributed by atoms with van der Waals surface area (Å²) in [5.74, 6) is -1.19.